The van der Waals surface area contributed by atoms with E-state index < -0.39 is 17.7 Å². The van der Waals surface area contributed by atoms with Crippen molar-refractivity contribution in [3.05, 3.63) is 89.0 Å². The van der Waals surface area contributed by atoms with Crippen LogP contribution in [0.5, 0.6) is 23.0 Å². The second-order valence-electron chi connectivity index (χ2n) is 10.4. The van der Waals surface area contributed by atoms with E-state index in [4.69, 9.17) is 18.9 Å². The summed E-state index contributed by atoms with van der Waals surface area (Å²) in [7, 11) is 1.55. The Balaban J connectivity index is 1.52. The van der Waals surface area contributed by atoms with Crippen LogP contribution in [0.2, 0.25) is 0 Å². The van der Waals surface area contributed by atoms with Crippen LogP contribution >= 0.6 is 0 Å². The van der Waals surface area contributed by atoms with Crippen LogP contribution in [0.15, 0.2) is 72.3 Å². The lowest BCUT2D eigenvalue weighted by atomic mass is 9.94. The summed E-state index contributed by atoms with van der Waals surface area (Å²) in [6, 6.07) is 19.3. The number of ether oxygens (including phenoxy) is 4. The Kier molecular flexibility index (Phi) is 9.51. The van der Waals surface area contributed by atoms with Gasteiger partial charge in [-0.05, 0) is 67.5 Å². The Labute approximate surface area is 252 Å². The lowest BCUT2D eigenvalue weighted by molar-refractivity contribution is -0.140. The van der Waals surface area contributed by atoms with Crippen LogP contribution in [-0.4, -0.2) is 73.1 Å². The van der Waals surface area contributed by atoms with Crippen LogP contribution in [0.1, 0.15) is 43.0 Å². The second kappa shape index (κ2) is 13.6. The molecule has 5 rings (SSSR count). The molecule has 0 bridgehead atoms. The molecule has 2 heterocycles. The number of fused-ring (bicyclic) bond motifs is 1. The zero-order valence-corrected chi connectivity index (χ0v) is 24.9. The number of aliphatic hydroxyl groups excluding tert-OH is 1. The normalized spacial score (nSPS) is 17.4. The molecule has 1 N–H and O–H groups in total. The van der Waals surface area contributed by atoms with E-state index in [1.807, 2.05) is 36.4 Å². The molecule has 9 nitrogen and oxygen atoms in total. The summed E-state index contributed by atoms with van der Waals surface area (Å²) in [4.78, 5) is 30.9. The number of carbonyl (C=O) groups excluding carboxylic acids is 2. The molecular weight excluding hydrogens is 548 g/mol. The predicted molar refractivity (Wildman–Crippen MR) is 163 cm³/mol. The highest BCUT2D eigenvalue weighted by Gasteiger charge is 2.46. The first kappa shape index (κ1) is 30.0. The largest absolute Gasteiger partial charge is 0.507 e. The van der Waals surface area contributed by atoms with Gasteiger partial charge in [0.25, 0.3) is 11.7 Å². The van der Waals surface area contributed by atoms with Crippen LogP contribution in [0.25, 0.3) is 5.76 Å². The molecule has 3 aromatic carbocycles. The Morgan fingerprint density at radius 2 is 1.70 bits per heavy atom. The molecule has 226 valence electrons. The van der Waals surface area contributed by atoms with E-state index in [0.29, 0.717) is 66.9 Å². The van der Waals surface area contributed by atoms with Crippen molar-refractivity contribution in [2.45, 2.75) is 32.9 Å². The zero-order valence-electron chi connectivity index (χ0n) is 24.9. The number of benzene rings is 3. The maximum atomic E-state index is 13.6. The number of methoxy groups -OCH3 is 1. The number of nitrogens with zero attached hydrogens (tertiary/aromatic N) is 2. The molecule has 2 aliphatic heterocycles. The summed E-state index contributed by atoms with van der Waals surface area (Å²) in [5.41, 5.74) is 2.02. The Bertz CT molecular complexity index is 1480. The van der Waals surface area contributed by atoms with E-state index in [-0.39, 0.29) is 11.3 Å². The van der Waals surface area contributed by atoms with E-state index in [1.54, 1.807) is 42.3 Å². The number of aliphatic hydroxyl groups is 1. The molecule has 0 radical (unpaired) electrons. The van der Waals surface area contributed by atoms with Gasteiger partial charge in [-0.15, -0.1) is 0 Å². The molecule has 0 saturated carbocycles. The molecule has 1 saturated heterocycles. The first-order valence-corrected chi connectivity index (χ1v) is 14.7. The van der Waals surface area contributed by atoms with Crippen molar-refractivity contribution in [3.8, 4) is 23.0 Å². The number of hydrogen-bond acceptors (Lipinski definition) is 8. The van der Waals surface area contributed by atoms with E-state index in [1.165, 1.54) is 0 Å². The highest BCUT2D eigenvalue weighted by atomic mass is 16.6. The summed E-state index contributed by atoms with van der Waals surface area (Å²) in [6.07, 6.45) is 0.671. The average Bonchev–Trinajstić information content (AvgIpc) is 3.30. The summed E-state index contributed by atoms with van der Waals surface area (Å²) in [5.74, 6) is 0.376. The fourth-order valence-electron chi connectivity index (χ4n) is 5.52. The molecule has 0 aromatic heterocycles. The van der Waals surface area contributed by atoms with Gasteiger partial charge >= 0.3 is 0 Å². The van der Waals surface area contributed by atoms with Crippen LogP contribution < -0.4 is 18.9 Å². The molecule has 1 unspecified atom stereocenters. The van der Waals surface area contributed by atoms with Gasteiger partial charge in [0.15, 0.2) is 23.0 Å². The zero-order chi connectivity index (χ0) is 30.3. The summed E-state index contributed by atoms with van der Waals surface area (Å²) in [5, 5.41) is 11.6. The first-order chi connectivity index (χ1) is 20.9. The van der Waals surface area contributed by atoms with Crippen LogP contribution in [0.4, 0.5) is 0 Å². The fraction of sp³-hybridized carbons (Fsp3) is 0.353. The maximum Gasteiger partial charge on any atom is 0.295 e. The van der Waals surface area contributed by atoms with Crippen molar-refractivity contribution in [2.75, 3.05) is 46.5 Å². The summed E-state index contributed by atoms with van der Waals surface area (Å²) < 4.78 is 23.0. The highest BCUT2D eigenvalue weighted by molar-refractivity contribution is 6.46. The van der Waals surface area contributed by atoms with Crippen molar-refractivity contribution in [3.63, 3.8) is 0 Å². The quantitative estimate of drug-likeness (QED) is 0.176. The van der Waals surface area contributed by atoms with E-state index in [0.717, 1.165) is 25.2 Å². The minimum absolute atomic E-state index is 0.0181. The number of rotatable bonds is 12. The van der Waals surface area contributed by atoms with Crippen molar-refractivity contribution < 1.29 is 33.6 Å². The highest BCUT2D eigenvalue weighted by Crippen LogP contribution is 2.43. The number of Topliss-reactive ketones (excluding diaryl/α,β-unsaturated/α-hetero) is 1. The third kappa shape index (κ3) is 6.46. The van der Waals surface area contributed by atoms with Crippen molar-refractivity contribution in [1.82, 2.24) is 9.80 Å². The van der Waals surface area contributed by atoms with E-state index in [2.05, 4.69) is 18.7 Å². The van der Waals surface area contributed by atoms with Gasteiger partial charge in [0.2, 0.25) is 0 Å². The molecule has 1 fully saturated rings. The Morgan fingerprint density at radius 1 is 0.953 bits per heavy atom. The molecule has 9 heteroatoms. The molecule has 0 spiro atoms. The maximum absolute atomic E-state index is 13.6. The number of amides is 1. The van der Waals surface area contributed by atoms with Crippen LogP contribution in [0, 0.1) is 0 Å². The number of ketones is 1. The Morgan fingerprint density at radius 3 is 2.42 bits per heavy atom. The van der Waals surface area contributed by atoms with Gasteiger partial charge in [0.05, 0.1) is 18.7 Å². The SMILES string of the molecule is CCN(CC)CCCN1C(=O)C(=O)/C(=C(/O)c2ccc3c(c2)OCCO3)C1c1ccc(OCc2ccccc2)c(OC)c1. The van der Waals surface area contributed by atoms with Gasteiger partial charge in [-0.2, -0.15) is 0 Å². The van der Waals surface area contributed by atoms with Gasteiger partial charge in [0.1, 0.15) is 25.6 Å². The minimum atomic E-state index is -0.818. The van der Waals surface area contributed by atoms with Gasteiger partial charge in [-0.3, -0.25) is 9.59 Å². The monoisotopic (exact) mass is 586 g/mol. The molecule has 2 aliphatic rings. The molecule has 1 atom stereocenters. The van der Waals surface area contributed by atoms with Crippen molar-refractivity contribution >= 4 is 17.4 Å². The number of hydrogen-bond donors (Lipinski definition) is 1. The summed E-state index contributed by atoms with van der Waals surface area (Å²) in [6.45, 7) is 8.27. The van der Waals surface area contributed by atoms with Crippen LogP contribution in [0.3, 0.4) is 0 Å². The van der Waals surface area contributed by atoms with E-state index >= 15 is 0 Å². The lowest BCUT2D eigenvalue weighted by Gasteiger charge is -2.27. The predicted octanol–water partition coefficient (Wildman–Crippen LogP) is 5.20. The third-order valence-corrected chi connectivity index (χ3v) is 7.86. The van der Waals surface area contributed by atoms with Crippen molar-refractivity contribution in [2.24, 2.45) is 0 Å². The second-order valence-corrected chi connectivity index (χ2v) is 10.4. The molecule has 0 aliphatic carbocycles. The summed E-state index contributed by atoms with van der Waals surface area (Å²) >= 11 is 0. The van der Waals surface area contributed by atoms with E-state index in [9.17, 15) is 14.7 Å². The smallest absolute Gasteiger partial charge is 0.295 e. The van der Waals surface area contributed by atoms with Gasteiger partial charge in [-0.1, -0.05) is 50.2 Å². The molecule has 3 aromatic rings. The number of likely N-dealkylation sites (tertiary alicyclic amines) is 1. The topological polar surface area (TPSA) is 97.8 Å². The fourth-order valence-corrected chi connectivity index (χ4v) is 5.52. The van der Waals surface area contributed by atoms with Crippen LogP contribution in [-0.2, 0) is 16.2 Å². The van der Waals surface area contributed by atoms with Crippen molar-refractivity contribution in [1.29, 1.82) is 0 Å². The molecular formula is C34H38N2O7. The van der Waals surface area contributed by atoms with Gasteiger partial charge < -0.3 is 33.9 Å². The average molecular weight is 587 g/mol. The lowest BCUT2D eigenvalue weighted by Crippen LogP contribution is -2.33. The molecule has 43 heavy (non-hydrogen) atoms. The minimum Gasteiger partial charge on any atom is -0.507 e. The van der Waals surface area contributed by atoms with Gasteiger partial charge in [-0.25, -0.2) is 0 Å². The molecule has 1 amide bonds. The number of carbonyl (C=O) groups is 2. The third-order valence-electron chi connectivity index (χ3n) is 7.86. The Hall–Kier alpha value is -4.50. The standard InChI is InChI=1S/C34H38N2O7/c1-4-35(5-2)16-9-17-36-31(24-12-14-26(28(20-24)40-3)43-22-23-10-7-6-8-11-23)30(33(38)34(36)39)32(37)25-13-15-27-29(21-25)42-19-18-41-27/h6-8,10-15,20-21,31,37H,4-5,9,16-19,22H2,1-3H3/b32-30+. The first-order valence-electron chi connectivity index (χ1n) is 14.7. The van der Waals surface area contributed by atoms with Gasteiger partial charge in [0, 0.05) is 12.1 Å².